The van der Waals surface area contributed by atoms with Crippen molar-refractivity contribution >= 4 is 0 Å². The lowest BCUT2D eigenvalue weighted by Gasteiger charge is -2.44. The third-order valence-corrected chi connectivity index (χ3v) is 4.46. The zero-order valence-electron chi connectivity index (χ0n) is 10.9. The summed E-state index contributed by atoms with van der Waals surface area (Å²) < 4.78 is 12.2. The minimum Gasteiger partial charge on any atom is -0.349 e. The van der Waals surface area contributed by atoms with E-state index in [-0.39, 0.29) is 5.79 Å². The molecule has 16 heavy (non-hydrogen) atoms. The fraction of sp³-hybridized carbons (Fsp3) is 1.00. The maximum Gasteiger partial charge on any atom is 0.168 e. The first-order valence-corrected chi connectivity index (χ1v) is 7.02. The van der Waals surface area contributed by atoms with E-state index in [0.717, 1.165) is 26.1 Å². The fourth-order valence-corrected chi connectivity index (χ4v) is 2.93. The lowest BCUT2D eigenvalue weighted by molar-refractivity contribution is -0.302. The van der Waals surface area contributed by atoms with Crippen LogP contribution in [0.2, 0.25) is 0 Å². The Bertz CT molecular complexity index is 209. The number of rotatable bonds is 4. The SMILES string of the molecule is CCCCC1(CC)COC2(CCCC2)OC1. The number of ether oxygens (including phenoxy) is 2. The summed E-state index contributed by atoms with van der Waals surface area (Å²) in [5.41, 5.74) is 0.309. The lowest BCUT2D eigenvalue weighted by Crippen LogP contribution is -2.48. The molecule has 2 aliphatic rings. The fourth-order valence-electron chi connectivity index (χ4n) is 2.93. The van der Waals surface area contributed by atoms with Crippen molar-refractivity contribution < 1.29 is 9.47 Å². The van der Waals surface area contributed by atoms with Gasteiger partial charge in [-0.1, -0.05) is 26.7 Å². The van der Waals surface area contributed by atoms with Crippen LogP contribution < -0.4 is 0 Å². The summed E-state index contributed by atoms with van der Waals surface area (Å²) >= 11 is 0. The van der Waals surface area contributed by atoms with Gasteiger partial charge in [-0.05, 0) is 25.7 Å². The van der Waals surface area contributed by atoms with Crippen LogP contribution in [0.15, 0.2) is 0 Å². The molecule has 0 aromatic heterocycles. The molecule has 0 atom stereocenters. The number of unbranched alkanes of at least 4 members (excludes halogenated alkanes) is 1. The minimum absolute atomic E-state index is 0.176. The molecule has 1 heterocycles. The molecule has 2 fully saturated rings. The van der Waals surface area contributed by atoms with Gasteiger partial charge in [0.1, 0.15) is 0 Å². The van der Waals surface area contributed by atoms with Crippen LogP contribution in [0.5, 0.6) is 0 Å². The number of hydrogen-bond acceptors (Lipinski definition) is 2. The van der Waals surface area contributed by atoms with Gasteiger partial charge in [-0.15, -0.1) is 0 Å². The molecule has 1 aliphatic heterocycles. The molecule has 0 aromatic carbocycles. The summed E-state index contributed by atoms with van der Waals surface area (Å²) in [5.74, 6) is -0.176. The lowest BCUT2D eigenvalue weighted by atomic mass is 9.81. The predicted octanol–water partition coefficient (Wildman–Crippen LogP) is 3.89. The average Bonchev–Trinajstić information content (AvgIpc) is 2.78. The average molecular weight is 226 g/mol. The van der Waals surface area contributed by atoms with Gasteiger partial charge in [-0.2, -0.15) is 0 Å². The van der Waals surface area contributed by atoms with Gasteiger partial charge in [0.2, 0.25) is 0 Å². The van der Waals surface area contributed by atoms with Crippen LogP contribution in [0.1, 0.15) is 65.2 Å². The molecule has 2 heteroatoms. The van der Waals surface area contributed by atoms with Gasteiger partial charge in [-0.3, -0.25) is 0 Å². The molecule has 1 spiro atoms. The summed E-state index contributed by atoms with van der Waals surface area (Å²) in [4.78, 5) is 0. The van der Waals surface area contributed by atoms with E-state index in [1.54, 1.807) is 0 Å². The molecule has 0 bridgehead atoms. The standard InChI is InChI=1S/C14H26O2/c1-3-5-8-13(4-2)11-15-14(16-12-13)9-6-7-10-14/h3-12H2,1-2H3. The van der Waals surface area contributed by atoms with Crippen LogP contribution >= 0.6 is 0 Å². The van der Waals surface area contributed by atoms with Gasteiger partial charge in [0, 0.05) is 18.3 Å². The van der Waals surface area contributed by atoms with Crippen molar-refractivity contribution in [1.29, 1.82) is 0 Å². The van der Waals surface area contributed by atoms with Crippen molar-refractivity contribution in [2.24, 2.45) is 5.41 Å². The molecule has 1 saturated heterocycles. The Hall–Kier alpha value is -0.0800. The second kappa shape index (κ2) is 5.05. The number of hydrogen-bond donors (Lipinski definition) is 0. The summed E-state index contributed by atoms with van der Waals surface area (Å²) in [6.45, 7) is 6.37. The van der Waals surface area contributed by atoms with E-state index in [0.29, 0.717) is 5.41 Å². The summed E-state index contributed by atoms with van der Waals surface area (Å²) in [5, 5.41) is 0. The van der Waals surface area contributed by atoms with E-state index >= 15 is 0 Å². The second-order valence-corrected chi connectivity index (χ2v) is 5.65. The van der Waals surface area contributed by atoms with E-state index in [1.807, 2.05) is 0 Å². The predicted molar refractivity (Wildman–Crippen MR) is 65.4 cm³/mol. The zero-order valence-corrected chi connectivity index (χ0v) is 10.9. The quantitative estimate of drug-likeness (QED) is 0.724. The normalized spacial score (nSPS) is 27.4. The topological polar surface area (TPSA) is 18.5 Å². The van der Waals surface area contributed by atoms with Crippen molar-refractivity contribution in [2.75, 3.05) is 13.2 Å². The molecule has 2 rings (SSSR count). The Morgan fingerprint density at radius 1 is 1.00 bits per heavy atom. The third-order valence-electron chi connectivity index (χ3n) is 4.46. The van der Waals surface area contributed by atoms with Crippen LogP contribution in [-0.4, -0.2) is 19.0 Å². The van der Waals surface area contributed by atoms with E-state index < -0.39 is 0 Å². The van der Waals surface area contributed by atoms with E-state index in [2.05, 4.69) is 13.8 Å². The van der Waals surface area contributed by atoms with Crippen molar-refractivity contribution in [3.05, 3.63) is 0 Å². The molecule has 0 amide bonds. The van der Waals surface area contributed by atoms with Crippen molar-refractivity contribution in [1.82, 2.24) is 0 Å². The highest BCUT2D eigenvalue weighted by Crippen LogP contribution is 2.43. The Kier molecular flexibility index (Phi) is 3.91. The maximum absolute atomic E-state index is 6.11. The Morgan fingerprint density at radius 2 is 1.62 bits per heavy atom. The second-order valence-electron chi connectivity index (χ2n) is 5.65. The van der Waals surface area contributed by atoms with Crippen molar-refractivity contribution in [2.45, 2.75) is 71.0 Å². The van der Waals surface area contributed by atoms with E-state index in [1.165, 1.54) is 38.5 Å². The molecule has 0 radical (unpaired) electrons. The highest BCUT2D eigenvalue weighted by molar-refractivity contribution is 4.87. The zero-order chi connectivity index (χ0) is 11.5. The van der Waals surface area contributed by atoms with E-state index in [4.69, 9.17) is 9.47 Å². The van der Waals surface area contributed by atoms with Gasteiger partial charge >= 0.3 is 0 Å². The molecule has 2 nitrogen and oxygen atoms in total. The first-order chi connectivity index (χ1) is 7.74. The molecule has 0 N–H and O–H groups in total. The Labute approximate surface area is 99.7 Å². The van der Waals surface area contributed by atoms with Crippen molar-refractivity contribution in [3.63, 3.8) is 0 Å². The first kappa shape index (κ1) is 12.4. The molecule has 94 valence electrons. The summed E-state index contributed by atoms with van der Waals surface area (Å²) in [6.07, 6.45) is 9.78. The van der Waals surface area contributed by atoms with E-state index in [9.17, 15) is 0 Å². The Morgan fingerprint density at radius 3 is 2.12 bits per heavy atom. The molecule has 0 unspecified atom stereocenters. The van der Waals surface area contributed by atoms with Crippen LogP contribution in [-0.2, 0) is 9.47 Å². The van der Waals surface area contributed by atoms with Crippen LogP contribution in [0.25, 0.3) is 0 Å². The summed E-state index contributed by atoms with van der Waals surface area (Å²) in [7, 11) is 0. The Balaban J connectivity index is 1.90. The van der Waals surface area contributed by atoms with Gasteiger partial charge in [0.15, 0.2) is 5.79 Å². The smallest absolute Gasteiger partial charge is 0.168 e. The molecular weight excluding hydrogens is 200 g/mol. The molecule has 1 saturated carbocycles. The highest BCUT2D eigenvalue weighted by atomic mass is 16.7. The molecule has 1 aliphatic carbocycles. The molecular formula is C14H26O2. The molecule has 0 aromatic rings. The van der Waals surface area contributed by atoms with Crippen LogP contribution in [0.4, 0.5) is 0 Å². The first-order valence-electron chi connectivity index (χ1n) is 7.02. The highest BCUT2D eigenvalue weighted by Gasteiger charge is 2.44. The maximum atomic E-state index is 6.11. The van der Waals surface area contributed by atoms with Gasteiger partial charge < -0.3 is 9.47 Å². The summed E-state index contributed by atoms with van der Waals surface area (Å²) in [6, 6.07) is 0. The van der Waals surface area contributed by atoms with Crippen molar-refractivity contribution in [3.8, 4) is 0 Å². The van der Waals surface area contributed by atoms with Gasteiger partial charge in [0.25, 0.3) is 0 Å². The third kappa shape index (κ3) is 2.43. The monoisotopic (exact) mass is 226 g/mol. The van der Waals surface area contributed by atoms with Crippen LogP contribution in [0.3, 0.4) is 0 Å². The van der Waals surface area contributed by atoms with Crippen LogP contribution in [0, 0.1) is 5.41 Å². The minimum atomic E-state index is -0.176. The van der Waals surface area contributed by atoms with Gasteiger partial charge in [0.05, 0.1) is 13.2 Å². The van der Waals surface area contributed by atoms with Gasteiger partial charge in [-0.25, -0.2) is 0 Å². The largest absolute Gasteiger partial charge is 0.349 e.